The van der Waals surface area contributed by atoms with E-state index in [0.29, 0.717) is 12.7 Å². The molecule has 8 heteroatoms. The molecule has 0 spiro atoms. The minimum atomic E-state index is -3.89. The van der Waals surface area contributed by atoms with Gasteiger partial charge in [0.1, 0.15) is 12.0 Å². The van der Waals surface area contributed by atoms with E-state index < -0.39 is 15.4 Å². The number of amides is 1. The number of hydrogen-bond acceptors (Lipinski definition) is 5. The van der Waals surface area contributed by atoms with E-state index in [1.165, 1.54) is 25.7 Å². The Labute approximate surface area is 205 Å². The van der Waals surface area contributed by atoms with Crippen LogP contribution in [0.3, 0.4) is 0 Å². The summed E-state index contributed by atoms with van der Waals surface area (Å²) < 4.78 is 30.3. The first-order chi connectivity index (χ1) is 14.0. The Morgan fingerprint density at radius 2 is 1.70 bits per heavy atom. The average Bonchev–Trinajstić information content (AvgIpc) is 2.70. The molecule has 30 heavy (non-hydrogen) atoms. The number of nitrogens with one attached hydrogen (secondary N) is 1. The third kappa shape index (κ3) is 13.4. The van der Waals surface area contributed by atoms with E-state index in [4.69, 9.17) is 4.18 Å². The summed E-state index contributed by atoms with van der Waals surface area (Å²) in [5, 5.41) is 1.95. The molecule has 1 N–H and O–H groups in total. The van der Waals surface area contributed by atoms with Gasteiger partial charge < -0.3 is 15.7 Å². The molecule has 0 aliphatic heterocycles. The number of rotatable bonds is 17. The van der Waals surface area contributed by atoms with Gasteiger partial charge in [-0.15, -0.1) is 0 Å². The van der Waals surface area contributed by atoms with Crippen molar-refractivity contribution in [3.05, 3.63) is 30.3 Å². The van der Waals surface area contributed by atoms with Crippen molar-refractivity contribution in [3.8, 4) is 5.75 Å². The van der Waals surface area contributed by atoms with Gasteiger partial charge in [0.15, 0.2) is 0 Å². The van der Waals surface area contributed by atoms with Crippen LogP contribution in [-0.4, -0.2) is 32.4 Å². The Morgan fingerprint density at radius 3 is 2.33 bits per heavy atom. The molecule has 6 nitrogen and oxygen atoms in total. The van der Waals surface area contributed by atoms with Crippen LogP contribution in [0.4, 0.5) is 0 Å². The second kappa shape index (κ2) is 17.8. The van der Waals surface area contributed by atoms with Crippen molar-refractivity contribution in [2.75, 3.05) is 6.54 Å². The predicted octanol–water partition coefficient (Wildman–Crippen LogP) is 1.51. The van der Waals surface area contributed by atoms with E-state index in [0.717, 1.165) is 19.3 Å². The standard InChI is InChI=1S/C22H35NO5S.Na.H/c1-2-3-4-5-6-7-11-16-22(25)23-18-17-21(15-12-19-24)29(26,27)28-20-13-9-8-10-14-20;;/h8-10,13-14,19,21H,2-7,11-12,15-18H2,1H3,(H,23,25);;/q;+1;-1. The Morgan fingerprint density at radius 1 is 1.07 bits per heavy atom. The van der Waals surface area contributed by atoms with Gasteiger partial charge in [0.05, 0.1) is 5.25 Å². The Kier molecular flexibility index (Phi) is 17.2. The van der Waals surface area contributed by atoms with Gasteiger partial charge in [-0.2, -0.15) is 8.42 Å². The first-order valence-electron chi connectivity index (χ1n) is 10.7. The van der Waals surface area contributed by atoms with Crippen molar-refractivity contribution >= 4 is 22.3 Å². The molecule has 0 aliphatic carbocycles. The molecular weight excluding hydrogens is 413 g/mol. The van der Waals surface area contributed by atoms with Crippen molar-refractivity contribution in [1.82, 2.24) is 5.32 Å². The van der Waals surface area contributed by atoms with Gasteiger partial charge in [-0.1, -0.05) is 63.6 Å². The third-order valence-electron chi connectivity index (χ3n) is 4.77. The number of carbonyl (C=O) groups excluding carboxylic acids is 2. The molecule has 0 fully saturated rings. The van der Waals surface area contributed by atoms with E-state index >= 15 is 0 Å². The molecule has 1 amide bonds. The molecule has 0 radical (unpaired) electrons. The van der Waals surface area contributed by atoms with E-state index in [-0.39, 0.29) is 68.4 Å². The summed E-state index contributed by atoms with van der Waals surface area (Å²) in [6.07, 6.45) is 9.68. The van der Waals surface area contributed by atoms with E-state index in [1.807, 2.05) is 0 Å². The Balaban J connectivity index is 0. The van der Waals surface area contributed by atoms with Gasteiger partial charge >= 0.3 is 39.7 Å². The van der Waals surface area contributed by atoms with Crippen molar-refractivity contribution in [2.24, 2.45) is 0 Å². The van der Waals surface area contributed by atoms with Crippen LogP contribution in [0.2, 0.25) is 0 Å². The summed E-state index contributed by atoms with van der Waals surface area (Å²) in [4.78, 5) is 22.7. The van der Waals surface area contributed by atoms with Gasteiger partial charge in [-0.05, 0) is 31.4 Å². The third-order valence-corrected chi connectivity index (χ3v) is 6.48. The molecule has 1 rings (SSSR count). The summed E-state index contributed by atoms with van der Waals surface area (Å²) in [6.45, 7) is 2.43. The molecule has 0 aliphatic rings. The van der Waals surface area contributed by atoms with Crippen LogP contribution in [0.5, 0.6) is 5.75 Å². The van der Waals surface area contributed by atoms with Gasteiger partial charge in [0, 0.05) is 19.4 Å². The minimum absolute atomic E-state index is 0. The van der Waals surface area contributed by atoms with E-state index in [9.17, 15) is 18.0 Å². The molecule has 1 unspecified atom stereocenters. The zero-order valence-corrected chi connectivity index (χ0v) is 21.3. The summed E-state index contributed by atoms with van der Waals surface area (Å²) in [5.74, 6) is 0.181. The SMILES string of the molecule is CCCCCCCCCC(=O)NCCC(CCC=O)S(=O)(=O)Oc1ccccc1.[H-].[Na+]. The summed E-state index contributed by atoms with van der Waals surface area (Å²) >= 11 is 0. The van der Waals surface area contributed by atoms with Crippen molar-refractivity contribution in [3.63, 3.8) is 0 Å². The van der Waals surface area contributed by atoms with Crippen LogP contribution in [0.25, 0.3) is 0 Å². The number of unbranched alkanes of at least 4 members (excludes halogenated alkanes) is 6. The van der Waals surface area contributed by atoms with Gasteiger partial charge in [0.2, 0.25) is 5.91 Å². The largest absolute Gasteiger partial charge is 1.00 e. The van der Waals surface area contributed by atoms with Crippen LogP contribution in [0.1, 0.15) is 79.0 Å². The molecule has 1 aromatic carbocycles. The topological polar surface area (TPSA) is 89.5 Å². The van der Waals surface area contributed by atoms with Gasteiger partial charge in [-0.3, -0.25) is 4.79 Å². The fourth-order valence-corrected chi connectivity index (χ4v) is 4.42. The summed E-state index contributed by atoms with van der Waals surface area (Å²) in [5.41, 5.74) is 0. The first-order valence-corrected chi connectivity index (χ1v) is 12.2. The molecule has 0 aromatic heterocycles. The quantitative estimate of drug-likeness (QED) is 0.169. The second-order valence-corrected chi connectivity index (χ2v) is 9.08. The van der Waals surface area contributed by atoms with Crippen molar-refractivity contribution < 1.29 is 53.2 Å². The van der Waals surface area contributed by atoms with Crippen molar-refractivity contribution in [1.29, 1.82) is 0 Å². The zero-order chi connectivity index (χ0) is 21.4. The molecule has 0 saturated carbocycles. The van der Waals surface area contributed by atoms with Crippen LogP contribution >= 0.6 is 0 Å². The van der Waals surface area contributed by atoms with E-state index in [1.54, 1.807) is 30.3 Å². The fraction of sp³-hybridized carbons (Fsp3) is 0.636. The first kappa shape index (κ1) is 29.1. The zero-order valence-electron chi connectivity index (χ0n) is 19.5. The average molecular weight is 450 g/mol. The maximum Gasteiger partial charge on any atom is 1.00 e. The molecule has 0 saturated heterocycles. The van der Waals surface area contributed by atoms with Gasteiger partial charge in [0.25, 0.3) is 0 Å². The van der Waals surface area contributed by atoms with Crippen molar-refractivity contribution in [2.45, 2.75) is 82.8 Å². The molecule has 0 heterocycles. The Hall–Kier alpha value is -0.890. The maximum atomic E-state index is 12.5. The number of hydrogen-bond donors (Lipinski definition) is 1. The normalized spacial score (nSPS) is 11.9. The van der Waals surface area contributed by atoms with Crippen LogP contribution < -0.4 is 39.1 Å². The van der Waals surface area contributed by atoms with Crippen LogP contribution in [0, 0.1) is 0 Å². The van der Waals surface area contributed by atoms with Crippen LogP contribution in [-0.2, 0) is 19.7 Å². The smallest absolute Gasteiger partial charge is 1.00 e. The maximum absolute atomic E-state index is 12.5. The van der Waals surface area contributed by atoms with E-state index in [2.05, 4.69) is 12.2 Å². The minimum Gasteiger partial charge on any atom is -1.00 e. The fourth-order valence-electron chi connectivity index (χ4n) is 3.07. The van der Waals surface area contributed by atoms with Gasteiger partial charge in [-0.25, -0.2) is 0 Å². The second-order valence-electron chi connectivity index (χ2n) is 7.27. The van der Waals surface area contributed by atoms with Crippen LogP contribution in [0.15, 0.2) is 30.3 Å². The number of carbonyl (C=O) groups is 2. The molecule has 1 atom stereocenters. The molecular formula is C22H36NNaO5S. The Bertz CT molecular complexity index is 688. The summed E-state index contributed by atoms with van der Waals surface area (Å²) in [6, 6.07) is 8.28. The molecule has 0 bridgehead atoms. The predicted molar refractivity (Wildman–Crippen MR) is 116 cm³/mol. The summed E-state index contributed by atoms with van der Waals surface area (Å²) in [7, 11) is -3.89. The molecule has 1 aromatic rings. The monoisotopic (exact) mass is 449 g/mol. The number of benzene rings is 1. The number of aldehydes is 1. The molecule has 166 valence electrons. The number of para-hydroxylation sites is 1.